The maximum Gasteiger partial charge on any atom is 0.420 e. The number of nitrogens with one attached hydrogen (secondary N) is 1. The maximum atomic E-state index is 12.4. The zero-order chi connectivity index (χ0) is 21.1. The van der Waals surface area contributed by atoms with Gasteiger partial charge in [0.15, 0.2) is 5.58 Å². The Labute approximate surface area is 184 Å². The monoisotopic (exact) mass is 447 g/mol. The van der Waals surface area contributed by atoms with Crippen molar-refractivity contribution in [3.63, 3.8) is 0 Å². The van der Waals surface area contributed by atoms with Gasteiger partial charge in [0.1, 0.15) is 6.54 Å². The second-order valence-electron chi connectivity index (χ2n) is 7.72. The first-order chi connectivity index (χ1) is 14.5. The molecule has 6 nitrogen and oxygen atoms in total. The van der Waals surface area contributed by atoms with Gasteiger partial charge in [-0.05, 0) is 61.7 Å². The average molecular weight is 448 g/mol. The van der Waals surface area contributed by atoms with E-state index >= 15 is 0 Å². The number of likely N-dealkylation sites (tertiary alicyclic amines) is 1. The van der Waals surface area contributed by atoms with Crippen LogP contribution in [0.15, 0.2) is 51.7 Å². The quantitative estimate of drug-likeness (QED) is 0.621. The molecule has 1 amide bonds. The summed E-state index contributed by atoms with van der Waals surface area (Å²) in [6.07, 6.45) is 2.06. The zero-order valence-corrected chi connectivity index (χ0v) is 18.0. The van der Waals surface area contributed by atoms with Crippen LogP contribution in [0.2, 0.25) is 10.0 Å². The van der Waals surface area contributed by atoms with Crippen molar-refractivity contribution in [1.29, 1.82) is 0 Å². The molecule has 0 atom stereocenters. The van der Waals surface area contributed by atoms with E-state index in [-0.39, 0.29) is 12.5 Å². The molecule has 1 saturated heterocycles. The van der Waals surface area contributed by atoms with Crippen molar-refractivity contribution in [3.8, 4) is 0 Å². The van der Waals surface area contributed by atoms with Crippen LogP contribution in [0.25, 0.3) is 11.1 Å². The molecule has 0 unspecified atom stereocenters. The van der Waals surface area contributed by atoms with Gasteiger partial charge in [-0.2, -0.15) is 0 Å². The van der Waals surface area contributed by atoms with E-state index in [4.69, 9.17) is 27.6 Å². The summed E-state index contributed by atoms with van der Waals surface area (Å²) in [5.74, 6) is -0.316. The number of oxazole rings is 1. The van der Waals surface area contributed by atoms with Crippen LogP contribution in [0.4, 0.5) is 0 Å². The number of piperidine rings is 1. The van der Waals surface area contributed by atoms with Gasteiger partial charge in [-0.1, -0.05) is 35.3 Å². The largest absolute Gasteiger partial charge is 0.420 e. The number of aromatic nitrogens is 1. The second-order valence-corrected chi connectivity index (χ2v) is 8.59. The number of hydrogen-bond acceptors (Lipinski definition) is 4. The molecule has 3 aromatic rings. The molecule has 158 valence electrons. The number of benzene rings is 2. The summed E-state index contributed by atoms with van der Waals surface area (Å²) in [7, 11) is 0. The van der Waals surface area contributed by atoms with Crippen LogP contribution in [0.1, 0.15) is 18.4 Å². The lowest BCUT2D eigenvalue weighted by molar-refractivity contribution is -0.121. The molecule has 1 N–H and O–H groups in total. The third kappa shape index (κ3) is 5.06. The minimum atomic E-state index is -0.557. The Morgan fingerprint density at radius 1 is 1.07 bits per heavy atom. The Balaban J connectivity index is 1.25. The van der Waals surface area contributed by atoms with Crippen LogP contribution in [0, 0.1) is 5.92 Å². The van der Waals surface area contributed by atoms with Crippen molar-refractivity contribution in [3.05, 3.63) is 68.6 Å². The van der Waals surface area contributed by atoms with Crippen molar-refractivity contribution >= 4 is 40.2 Å². The molecule has 1 aliphatic rings. The normalized spacial score (nSPS) is 15.5. The summed E-state index contributed by atoms with van der Waals surface area (Å²) in [6, 6.07) is 12.9. The third-order valence-corrected chi connectivity index (χ3v) is 6.03. The molecule has 4 rings (SSSR count). The fraction of sp³-hybridized carbons (Fsp3) is 0.364. The van der Waals surface area contributed by atoms with Crippen molar-refractivity contribution in [2.75, 3.05) is 19.6 Å². The van der Waals surface area contributed by atoms with E-state index < -0.39 is 5.76 Å². The Morgan fingerprint density at radius 3 is 2.50 bits per heavy atom. The summed E-state index contributed by atoms with van der Waals surface area (Å²) in [6.45, 7) is 3.45. The van der Waals surface area contributed by atoms with E-state index in [9.17, 15) is 9.59 Å². The van der Waals surface area contributed by atoms with Gasteiger partial charge in [0, 0.05) is 29.2 Å². The van der Waals surface area contributed by atoms with E-state index in [2.05, 4.69) is 22.3 Å². The van der Waals surface area contributed by atoms with Crippen molar-refractivity contribution in [2.24, 2.45) is 5.92 Å². The highest BCUT2D eigenvalue weighted by Crippen LogP contribution is 2.20. The number of carbonyl (C=O) groups is 1. The van der Waals surface area contributed by atoms with Gasteiger partial charge in [-0.3, -0.25) is 14.3 Å². The molecule has 0 aliphatic carbocycles. The number of rotatable bonds is 6. The minimum absolute atomic E-state index is 0.0666. The number of nitrogens with zero attached hydrogens (tertiary/aromatic N) is 2. The molecule has 0 spiro atoms. The predicted molar refractivity (Wildman–Crippen MR) is 118 cm³/mol. The van der Waals surface area contributed by atoms with Gasteiger partial charge in [0.05, 0.1) is 5.52 Å². The fourth-order valence-electron chi connectivity index (χ4n) is 3.84. The van der Waals surface area contributed by atoms with Gasteiger partial charge in [0.25, 0.3) is 0 Å². The van der Waals surface area contributed by atoms with Gasteiger partial charge in [-0.15, -0.1) is 0 Å². The number of halogens is 2. The number of carbonyl (C=O) groups excluding carboxylic acids is 1. The number of amides is 1. The Morgan fingerprint density at radius 2 is 1.77 bits per heavy atom. The molecule has 2 heterocycles. The summed E-state index contributed by atoms with van der Waals surface area (Å²) < 4.78 is 6.50. The highest BCUT2D eigenvalue weighted by Gasteiger charge is 2.20. The third-order valence-electron chi connectivity index (χ3n) is 5.55. The van der Waals surface area contributed by atoms with Gasteiger partial charge < -0.3 is 9.73 Å². The molecule has 0 bridgehead atoms. The average Bonchev–Trinajstić information content (AvgIpc) is 3.03. The predicted octanol–water partition coefficient (Wildman–Crippen LogP) is 3.93. The molecular formula is C22H23Cl2N3O3. The molecule has 1 aliphatic heterocycles. The lowest BCUT2D eigenvalue weighted by atomic mass is 9.96. The first-order valence-corrected chi connectivity index (χ1v) is 10.8. The van der Waals surface area contributed by atoms with Crippen molar-refractivity contribution < 1.29 is 9.21 Å². The number of hydrogen-bond donors (Lipinski definition) is 1. The standard InChI is InChI=1S/C22H23Cl2N3O3/c23-17-3-1-16(2-4-17)13-26-9-7-15(8-10-26)12-25-21(28)14-27-19-6-5-18(24)11-20(19)30-22(27)29/h1-6,11,15H,7-10,12-14H2,(H,25,28). The molecular weight excluding hydrogens is 425 g/mol. The summed E-state index contributed by atoms with van der Waals surface area (Å²) in [5.41, 5.74) is 2.20. The van der Waals surface area contributed by atoms with Crippen molar-refractivity contribution in [1.82, 2.24) is 14.8 Å². The topological polar surface area (TPSA) is 67.5 Å². The number of fused-ring (bicyclic) bond motifs is 1. The summed E-state index contributed by atoms with van der Waals surface area (Å²) >= 11 is 11.9. The molecule has 8 heteroatoms. The first kappa shape index (κ1) is 21.0. The highest BCUT2D eigenvalue weighted by molar-refractivity contribution is 6.31. The lowest BCUT2D eigenvalue weighted by Crippen LogP contribution is -2.39. The SMILES string of the molecule is O=C(Cn1c(=O)oc2cc(Cl)ccc21)NCC1CCN(Cc2ccc(Cl)cc2)CC1. The van der Waals surface area contributed by atoms with Crippen LogP contribution >= 0.6 is 23.2 Å². The van der Waals surface area contributed by atoms with Crippen LogP contribution in [-0.2, 0) is 17.9 Å². The first-order valence-electron chi connectivity index (χ1n) is 10.0. The minimum Gasteiger partial charge on any atom is -0.408 e. The molecule has 1 fully saturated rings. The summed E-state index contributed by atoms with van der Waals surface area (Å²) in [4.78, 5) is 26.9. The van der Waals surface area contributed by atoms with E-state index in [0.717, 1.165) is 37.5 Å². The molecule has 0 radical (unpaired) electrons. The van der Waals surface area contributed by atoms with E-state index in [1.54, 1.807) is 18.2 Å². The highest BCUT2D eigenvalue weighted by atomic mass is 35.5. The van der Waals surface area contributed by atoms with E-state index in [0.29, 0.717) is 28.6 Å². The maximum absolute atomic E-state index is 12.4. The zero-order valence-electron chi connectivity index (χ0n) is 16.4. The van der Waals surface area contributed by atoms with Gasteiger partial charge in [-0.25, -0.2) is 4.79 Å². The van der Waals surface area contributed by atoms with E-state index in [1.165, 1.54) is 10.1 Å². The van der Waals surface area contributed by atoms with Crippen molar-refractivity contribution in [2.45, 2.75) is 25.9 Å². The smallest absolute Gasteiger partial charge is 0.408 e. The Hall–Kier alpha value is -2.28. The van der Waals surface area contributed by atoms with Crippen LogP contribution in [0.3, 0.4) is 0 Å². The van der Waals surface area contributed by atoms with Gasteiger partial charge >= 0.3 is 5.76 Å². The van der Waals surface area contributed by atoms with Crippen LogP contribution in [0.5, 0.6) is 0 Å². The molecule has 1 aromatic heterocycles. The van der Waals surface area contributed by atoms with Crippen LogP contribution in [-0.4, -0.2) is 35.0 Å². The molecule has 0 saturated carbocycles. The fourth-order valence-corrected chi connectivity index (χ4v) is 4.13. The Bertz CT molecular complexity index is 1080. The van der Waals surface area contributed by atoms with E-state index in [1.807, 2.05) is 12.1 Å². The lowest BCUT2D eigenvalue weighted by Gasteiger charge is -2.32. The van der Waals surface area contributed by atoms with Gasteiger partial charge in [0.2, 0.25) is 5.91 Å². The second kappa shape index (κ2) is 9.25. The summed E-state index contributed by atoms with van der Waals surface area (Å²) in [5, 5.41) is 4.20. The Kier molecular flexibility index (Phi) is 6.46. The molecule has 30 heavy (non-hydrogen) atoms. The molecule has 2 aromatic carbocycles. The van der Waals surface area contributed by atoms with Crippen LogP contribution < -0.4 is 11.1 Å².